The van der Waals surface area contributed by atoms with E-state index in [4.69, 9.17) is 9.72 Å². The summed E-state index contributed by atoms with van der Waals surface area (Å²) in [5.74, 6) is 0.0303. The molecule has 0 spiro atoms. The summed E-state index contributed by atoms with van der Waals surface area (Å²) in [6, 6.07) is 9.71. The first-order valence-corrected chi connectivity index (χ1v) is 12.0. The summed E-state index contributed by atoms with van der Waals surface area (Å²) >= 11 is 2.96. The number of aromatic amines is 1. The molecule has 1 fully saturated rings. The fourth-order valence-electron chi connectivity index (χ4n) is 4.15. The van der Waals surface area contributed by atoms with Crippen LogP contribution in [0.1, 0.15) is 34.1 Å². The highest BCUT2D eigenvalue weighted by atomic mass is 32.2. The number of fused-ring (bicyclic) bond motifs is 3. The standard InChI is InChI=1S/C22H23N3O3S2/c26-19-17-15-8-4-5-9-16(15)29-20(17)24-22(23-19)30-18(14-6-2-1-3-7-14)21(27)25-10-12-28-13-11-25/h1-3,6-7,18H,4-5,8-13H2,(H,23,24,26)/t18-/m0/s1. The Bertz CT molecular complexity index is 1120. The van der Waals surface area contributed by atoms with Gasteiger partial charge in [-0.1, -0.05) is 42.1 Å². The van der Waals surface area contributed by atoms with Gasteiger partial charge in [-0.25, -0.2) is 4.98 Å². The zero-order chi connectivity index (χ0) is 20.5. The molecule has 156 valence electrons. The number of aryl methyl sites for hydroxylation is 2. The summed E-state index contributed by atoms with van der Waals surface area (Å²) in [5, 5.41) is 0.788. The number of hydrogen-bond donors (Lipinski definition) is 1. The third-order valence-corrected chi connectivity index (χ3v) is 7.99. The predicted octanol–water partition coefficient (Wildman–Crippen LogP) is 3.56. The highest BCUT2D eigenvalue weighted by Gasteiger charge is 2.29. The number of morpholine rings is 1. The SMILES string of the molecule is O=C([C@@H](Sc1nc2sc3c(c2c(=O)[nH]1)CCCC3)c1ccccc1)N1CCOCC1. The van der Waals surface area contributed by atoms with Gasteiger partial charge in [0.2, 0.25) is 5.91 Å². The van der Waals surface area contributed by atoms with Crippen LogP contribution in [0.15, 0.2) is 40.3 Å². The smallest absolute Gasteiger partial charge is 0.260 e. The second-order valence-electron chi connectivity index (χ2n) is 7.61. The van der Waals surface area contributed by atoms with Crippen LogP contribution in [0.3, 0.4) is 0 Å². The number of ether oxygens (including phenoxy) is 1. The molecule has 1 amide bonds. The van der Waals surface area contributed by atoms with Gasteiger partial charge in [0, 0.05) is 18.0 Å². The second-order valence-corrected chi connectivity index (χ2v) is 9.79. The van der Waals surface area contributed by atoms with E-state index < -0.39 is 5.25 Å². The fourth-order valence-corrected chi connectivity index (χ4v) is 6.53. The van der Waals surface area contributed by atoms with E-state index in [0.717, 1.165) is 35.0 Å². The number of rotatable bonds is 4. The first-order valence-electron chi connectivity index (χ1n) is 10.3. The molecule has 6 nitrogen and oxygen atoms in total. The topological polar surface area (TPSA) is 75.3 Å². The summed E-state index contributed by atoms with van der Waals surface area (Å²) in [6.07, 6.45) is 4.28. The molecule has 1 aliphatic heterocycles. The van der Waals surface area contributed by atoms with Gasteiger partial charge in [-0.15, -0.1) is 11.3 Å². The minimum Gasteiger partial charge on any atom is -0.378 e. The van der Waals surface area contributed by atoms with Gasteiger partial charge in [0.1, 0.15) is 10.1 Å². The van der Waals surface area contributed by atoms with Crippen molar-refractivity contribution in [3.05, 3.63) is 56.7 Å². The van der Waals surface area contributed by atoms with Gasteiger partial charge in [-0.2, -0.15) is 0 Å². The molecule has 1 N–H and O–H groups in total. The average molecular weight is 442 g/mol. The lowest BCUT2D eigenvalue weighted by Crippen LogP contribution is -2.42. The highest BCUT2D eigenvalue weighted by molar-refractivity contribution is 8.00. The molecule has 0 saturated carbocycles. The van der Waals surface area contributed by atoms with Crippen LogP contribution >= 0.6 is 23.1 Å². The lowest BCUT2D eigenvalue weighted by molar-refractivity contribution is -0.134. The first-order chi connectivity index (χ1) is 14.7. The van der Waals surface area contributed by atoms with Gasteiger partial charge in [0.25, 0.3) is 5.56 Å². The quantitative estimate of drug-likeness (QED) is 0.495. The Balaban J connectivity index is 1.50. The fraction of sp³-hybridized carbons (Fsp3) is 0.409. The summed E-state index contributed by atoms with van der Waals surface area (Å²) in [5.41, 5.74) is 2.00. The van der Waals surface area contributed by atoms with Crippen LogP contribution in [0.5, 0.6) is 0 Å². The van der Waals surface area contributed by atoms with Crippen molar-refractivity contribution in [2.45, 2.75) is 36.1 Å². The van der Waals surface area contributed by atoms with Crippen LogP contribution in [-0.4, -0.2) is 47.1 Å². The van der Waals surface area contributed by atoms with Crippen molar-refractivity contribution in [1.29, 1.82) is 0 Å². The average Bonchev–Trinajstić information content (AvgIpc) is 3.17. The molecule has 3 aromatic rings. The van der Waals surface area contributed by atoms with E-state index >= 15 is 0 Å². The van der Waals surface area contributed by atoms with Gasteiger partial charge < -0.3 is 14.6 Å². The number of aromatic nitrogens is 2. The maximum Gasteiger partial charge on any atom is 0.260 e. The van der Waals surface area contributed by atoms with Crippen molar-refractivity contribution in [3.8, 4) is 0 Å². The number of nitrogens with one attached hydrogen (secondary N) is 1. The zero-order valence-electron chi connectivity index (χ0n) is 16.6. The van der Waals surface area contributed by atoms with Crippen LogP contribution in [0.25, 0.3) is 10.2 Å². The first kappa shape index (κ1) is 19.8. The van der Waals surface area contributed by atoms with E-state index in [1.165, 1.54) is 28.6 Å². The number of carbonyl (C=O) groups is 1. The summed E-state index contributed by atoms with van der Waals surface area (Å²) < 4.78 is 5.40. The number of H-pyrrole nitrogens is 1. The molecule has 1 saturated heterocycles. The monoisotopic (exact) mass is 441 g/mol. The Labute approximate surface area is 182 Å². The lowest BCUT2D eigenvalue weighted by atomic mass is 9.97. The van der Waals surface area contributed by atoms with E-state index in [1.807, 2.05) is 35.2 Å². The molecule has 0 bridgehead atoms. The molecule has 0 unspecified atom stereocenters. The number of thioether (sulfide) groups is 1. The van der Waals surface area contributed by atoms with E-state index in [0.29, 0.717) is 31.5 Å². The summed E-state index contributed by atoms with van der Waals surface area (Å²) in [7, 11) is 0. The van der Waals surface area contributed by atoms with E-state index in [2.05, 4.69) is 4.98 Å². The largest absolute Gasteiger partial charge is 0.378 e. The van der Waals surface area contributed by atoms with Crippen molar-refractivity contribution < 1.29 is 9.53 Å². The Hall–Kier alpha value is -2.16. The highest BCUT2D eigenvalue weighted by Crippen LogP contribution is 2.38. The Morgan fingerprint density at radius 1 is 1.17 bits per heavy atom. The van der Waals surface area contributed by atoms with Crippen molar-refractivity contribution in [1.82, 2.24) is 14.9 Å². The molecule has 0 radical (unpaired) electrons. The number of nitrogens with zero attached hydrogens (tertiary/aromatic N) is 2. The predicted molar refractivity (Wildman–Crippen MR) is 119 cm³/mol. The molecule has 1 aromatic carbocycles. The van der Waals surface area contributed by atoms with Crippen LogP contribution in [0.4, 0.5) is 0 Å². The van der Waals surface area contributed by atoms with Crippen LogP contribution in [0.2, 0.25) is 0 Å². The minimum atomic E-state index is -0.459. The van der Waals surface area contributed by atoms with Crippen molar-refractivity contribution in [2.24, 2.45) is 0 Å². The molecular weight excluding hydrogens is 418 g/mol. The Kier molecular flexibility index (Phi) is 5.62. The van der Waals surface area contributed by atoms with Gasteiger partial charge in [-0.3, -0.25) is 9.59 Å². The lowest BCUT2D eigenvalue weighted by Gasteiger charge is -2.30. The number of carbonyl (C=O) groups excluding carboxylic acids is 1. The van der Waals surface area contributed by atoms with E-state index in [-0.39, 0.29) is 11.5 Å². The molecule has 30 heavy (non-hydrogen) atoms. The zero-order valence-corrected chi connectivity index (χ0v) is 18.2. The normalized spacial score (nSPS) is 17.7. The van der Waals surface area contributed by atoms with Crippen molar-refractivity contribution >= 4 is 39.2 Å². The molecule has 1 aliphatic carbocycles. The van der Waals surface area contributed by atoms with E-state index in [9.17, 15) is 9.59 Å². The Morgan fingerprint density at radius 3 is 2.73 bits per heavy atom. The number of amides is 1. The Morgan fingerprint density at radius 2 is 1.93 bits per heavy atom. The summed E-state index contributed by atoms with van der Waals surface area (Å²) in [4.78, 5) is 37.9. The van der Waals surface area contributed by atoms with Gasteiger partial charge in [0.15, 0.2) is 5.16 Å². The molecule has 8 heteroatoms. The van der Waals surface area contributed by atoms with Gasteiger partial charge in [-0.05, 0) is 36.8 Å². The summed E-state index contributed by atoms with van der Waals surface area (Å²) in [6.45, 7) is 2.28. The van der Waals surface area contributed by atoms with Crippen LogP contribution in [-0.2, 0) is 22.4 Å². The third kappa shape index (κ3) is 3.79. The second kappa shape index (κ2) is 8.53. The van der Waals surface area contributed by atoms with E-state index in [1.54, 1.807) is 11.3 Å². The molecule has 3 heterocycles. The number of hydrogen-bond acceptors (Lipinski definition) is 6. The van der Waals surface area contributed by atoms with Gasteiger partial charge in [0.05, 0.1) is 18.6 Å². The molecule has 5 rings (SSSR count). The molecule has 1 atom stereocenters. The molecule has 2 aliphatic rings. The molecule has 2 aromatic heterocycles. The maximum atomic E-state index is 13.3. The minimum absolute atomic E-state index is 0.0303. The number of thiophene rings is 1. The maximum absolute atomic E-state index is 13.3. The van der Waals surface area contributed by atoms with Crippen molar-refractivity contribution in [2.75, 3.05) is 26.3 Å². The van der Waals surface area contributed by atoms with Crippen LogP contribution in [0, 0.1) is 0 Å². The van der Waals surface area contributed by atoms with Crippen LogP contribution < -0.4 is 5.56 Å². The molecular formula is C22H23N3O3S2. The van der Waals surface area contributed by atoms with Crippen molar-refractivity contribution in [3.63, 3.8) is 0 Å². The third-order valence-electron chi connectivity index (χ3n) is 5.68. The van der Waals surface area contributed by atoms with Gasteiger partial charge >= 0.3 is 0 Å². The number of benzene rings is 1.